The van der Waals surface area contributed by atoms with Crippen molar-refractivity contribution < 1.29 is 13.2 Å². The van der Waals surface area contributed by atoms with E-state index in [-0.39, 0.29) is 6.04 Å². The summed E-state index contributed by atoms with van der Waals surface area (Å²) in [5.41, 5.74) is 0. The Labute approximate surface area is 153 Å². The number of methoxy groups -OCH3 is 1. The van der Waals surface area contributed by atoms with E-state index in [1.54, 1.807) is 29.9 Å². The predicted molar refractivity (Wildman–Crippen MR) is 94.7 cm³/mol. The smallest absolute Gasteiger partial charge is 0.252 e. The molecule has 132 valence electrons. The van der Waals surface area contributed by atoms with Crippen LogP contribution >= 0.6 is 27.3 Å². The van der Waals surface area contributed by atoms with E-state index < -0.39 is 10.0 Å². The number of piperidine rings is 1. The Morgan fingerprint density at radius 1 is 1.38 bits per heavy atom. The lowest BCUT2D eigenvalue weighted by Gasteiger charge is -2.31. The van der Waals surface area contributed by atoms with Crippen molar-refractivity contribution in [1.29, 1.82) is 0 Å². The summed E-state index contributed by atoms with van der Waals surface area (Å²) >= 11 is 4.57. The Morgan fingerprint density at radius 3 is 2.75 bits per heavy atom. The Kier molecular flexibility index (Phi) is 5.70. The third-order valence-electron chi connectivity index (χ3n) is 4.14. The highest BCUT2D eigenvalue weighted by Gasteiger charge is 2.31. The average molecular weight is 435 g/mol. The molecule has 0 saturated carbocycles. The summed E-state index contributed by atoms with van der Waals surface area (Å²) in [4.78, 5) is 0. The van der Waals surface area contributed by atoms with Gasteiger partial charge in [0, 0.05) is 32.7 Å². The van der Waals surface area contributed by atoms with Gasteiger partial charge in [0.05, 0.1) is 10.4 Å². The second-order valence-electron chi connectivity index (χ2n) is 5.59. The zero-order chi connectivity index (χ0) is 17.2. The summed E-state index contributed by atoms with van der Waals surface area (Å²) in [6.07, 6.45) is 3.95. The van der Waals surface area contributed by atoms with Gasteiger partial charge in [-0.2, -0.15) is 4.31 Å². The van der Waals surface area contributed by atoms with Gasteiger partial charge in [0.15, 0.2) is 0 Å². The normalized spacial score (nSPS) is 17.4. The number of hydrogen-bond acceptors (Lipinski definition) is 6. The van der Waals surface area contributed by atoms with Crippen molar-refractivity contribution >= 4 is 37.3 Å². The van der Waals surface area contributed by atoms with Gasteiger partial charge in [-0.1, -0.05) is 0 Å². The van der Waals surface area contributed by atoms with Gasteiger partial charge in [0.2, 0.25) is 0 Å². The fourth-order valence-electron chi connectivity index (χ4n) is 2.87. The number of thiophene rings is 1. The molecule has 1 fully saturated rings. The molecule has 0 N–H and O–H groups in total. The minimum absolute atomic E-state index is 0.230. The van der Waals surface area contributed by atoms with E-state index in [2.05, 4.69) is 30.7 Å². The van der Waals surface area contributed by atoms with Crippen LogP contribution in [-0.2, 0) is 21.2 Å². The van der Waals surface area contributed by atoms with Crippen molar-refractivity contribution in [2.24, 2.45) is 0 Å². The summed E-state index contributed by atoms with van der Waals surface area (Å²) in [6, 6.07) is 3.65. The molecule has 7 nitrogen and oxygen atoms in total. The molecule has 0 amide bonds. The molecule has 1 aliphatic rings. The molecule has 0 aromatic carbocycles. The van der Waals surface area contributed by atoms with E-state index in [1.807, 2.05) is 0 Å². The summed E-state index contributed by atoms with van der Waals surface area (Å²) in [6.45, 7) is 1.61. The molecule has 0 aliphatic carbocycles. The lowest BCUT2D eigenvalue weighted by atomic mass is 10.1. The molecule has 1 aliphatic heterocycles. The van der Waals surface area contributed by atoms with Gasteiger partial charge in [-0.3, -0.25) is 0 Å². The van der Waals surface area contributed by atoms with Gasteiger partial charge < -0.3 is 9.30 Å². The molecule has 0 radical (unpaired) electrons. The second-order valence-corrected chi connectivity index (χ2v) is 10.2. The molecule has 0 bridgehead atoms. The van der Waals surface area contributed by atoms with E-state index in [4.69, 9.17) is 4.74 Å². The molecule has 0 spiro atoms. The van der Waals surface area contributed by atoms with Gasteiger partial charge in [0.1, 0.15) is 16.4 Å². The van der Waals surface area contributed by atoms with Crippen molar-refractivity contribution in [2.45, 2.75) is 29.5 Å². The first-order chi connectivity index (χ1) is 11.5. The van der Waals surface area contributed by atoms with Crippen LogP contribution < -0.4 is 0 Å². The molecule has 10 heteroatoms. The summed E-state index contributed by atoms with van der Waals surface area (Å²) in [7, 11) is -1.74. The number of nitrogens with zero attached hydrogens (tertiary/aromatic N) is 4. The van der Waals surface area contributed by atoms with E-state index in [0.717, 1.165) is 22.5 Å². The molecule has 0 unspecified atom stereocenters. The number of halogens is 1. The topological polar surface area (TPSA) is 77.3 Å². The van der Waals surface area contributed by atoms with Crippen LogP contribution in [0.25, 0.3) is 0 Å². The maximum absolute atomic E-state index is 12.7. The van der Waals surface area contributed by atoms with Crippen molar-refractivity contribution in [2.75, 3.05) is 26.8 Å². The fourth-order valence-corrected chi connectivity index (χ4v) is 6.50. The summed E-state index contributed by atoms with van der Waals surface area (Å²) in [5, 5.41) is 8.13. The van der Waals surface area contributed by atoms with Gasteiger partial charge in [-0.05, 0) is 40.9 Å². The first-order valence-electron chi connectivity index (χ1n) is 7.65. The summed E-state index contributed by atoms with van der Waals surface area (Å²) in [5.74, 6) is 0.889. The molecule has 3 heterocycles. The predicted octanol–water partition coefficient (Wildman–Crippen LogP) is 2.32. The maximum atomic E-state index is 12.7. The zero-order valence-corrected chi connectivity index (χ0v) is 16.5. The highest BCUT2D eigenvalue weighted by Crippen LogP contribution is 2.32. The Morgan fingerprint density at radius 2 is 2.12 bits per heavy atom. The number of ether oxygens (including phenoxy) is 1. The van der Waals surface area contributed by atoms with Crippen LogP contribution in [0.15, 0.2) is 26.5 Å². The summed E-state index contributed by atoms with van der Waals surface area (Å²) < 4.78 is 35.3. The minimum atomic E-state index is -3.40. The van der Waals surface area contributed by atoms with Gasteiger partial charge >= 0.3 is 0 Å². The molecule has 0 atom stereocenters. The van der Waals surface area contributed by atoms with E-state index in [0.29, 0.717) is 30.3 Å². The highest BCUT2D eigenvalue weighted by molar-refractivity contribution is 9.11. The first kappa shape index (κ1) is 18.0. The monoisotopic (exact) mass is 434 g/mol. The van der Waals surface area contributed by atoms with Crippen LogP contribution in [0.3, 0.4) is 0 Å². The fraction of sp³-hybridized carbons (Fsp3) is 0.571. The van der Waals surface area contributed by atoms with Crippen LogP contribution in [0.1, 0.15) is 24.7 Å². The Hall–Kier alpha value is -0.810. The van der Waals surface area contributed by atoms with Crippen molar-refractivity contribution in [1.82, 2.24) is 19.1 Å². The zero-order valence-electron chi connectivity index (χ0n) is 13.3. The molecular weight excluding hydrogens is 416 g/mol. The van der Waals surface area contributed by atoms with Crippen LogP contribution in [0, 0.1) is 0 Å². The lowest BCUT2D eigenvalue weighted by Crippen LogP contribution is -2.38. The molecule has 2 aromatic heterocycles. The molecule has 24 heavy (non-hydrogen) atoms. The van der Waals surface area contributed by atoms with Crippen LogP contribution in [-0.4, -0.2) is 54.3 Å². The van der Waals surface area contributed by atoms with Gasteiger partial charge in [-0.15, -0.1) is 21.5 Å². The standard InChI is InChI=1S/C14H19BrN4O3S2/c1-22-9-6-13-17-16-10-19(13)11-4-7-18(8-5-11)24(20,21)14-3-2-12(15)23-14/h2-3,10-11H,4-9H2,1H3. The van der Waals surface area contributed by atoms with Crippen molar-refractivity contribution in [3.8, 4) is 0 Å². The highest BCUT2D eigenvalue weighted by atomic mass is 79.9. The van der Waals surface area contributed by atoms with Gasteiger partial charge in [-0.25, -0.2) is 8.42 Å². The van der Waals surface area contributed by atoms with Crippen LogP contribution in [0.5, 0.6) is 0 Å². The number of sulfonamides is 1. The average Bonchev–Trinajstić information content (AvgIpc) is 3.22. The third kappa shape index (κ3) is 3.72. The quantitative estimate of drug-likeness (QED) is 0.696. The minimum Gasteiger partial charge on any atom is -0.384 e. The Balaban J connectivity index is 1.67. The molecular formula is C14H19BrN4O3S2. The van der Waals surface area contributed by atoms with E-state index in [9.17, 15) is 8.42 Å². The second kappa shape index (κ2) is 7.61. The largest absolute Gasteiger partial charge is 0.384 e. The van der Waals surface area contributed by atoms with E-state index in [1.165, 1.54) is 11.3 Å². The number of hydrogen-bond donors (Lipinski definition) is 0. The van der Waals surface area contributed by atoms with E-state index >= 15 is 0 Å². The van der Waals surface area contributed by atoms with Crippen LogP contribution in [0.2, 0.25) is 0 Å². The lowest BCUT2D eigenvalue weighted by molar-refractivity contribution is 0.197. The van der Waals surface area contributed by atoms with Gasteiger partial charge in [0.25, 0.3) is 10.0 Å². The van der Waals surface area contributed by atoms with Crippen LogP contribution in [0.4, 0.5) is 0 Å². The first-order valence-corrected chi connectivity index (χ1v) is 10.7. The Bertz CT molecular complexity index is 782. The number of rotatable bonds is 6. The SMILES string of the molecule is COCCc1nncn1C1CCN(S(=O)(=O)c2ccc(Br)s2)CC1. The maximum Gasteiger partial charge on any atom is 0.252 e. The molecule has 1 saturated heterocycles. The van der Waals surface area contributed by atoms with Crippen molar-refractivity contribution in [3.63, 3.8) is 0 Å². The van der Waals surface area contributed by atoms with Crippen molar-refractivity contribution in [3.05, 3.63) is 28.1 Å². The molecule has 3 rings (SSSR count). The third-order valence-corrected chi connectivity index (χ3v) is 8.13. The molecule has 2 aromatic rings. The number of aromatic nitrogens is 3.